The molecule has 2 saturated heterocycles. The van der Waals surface area contributed by atoms with Crippen LogP contribution in [0.15, 0.2) is 29.0 Å². The Morgan fingerprint density at radius 2 is 2.22 bits per heavy atom. The van der Waals surface area contributed by atoms with Gasteiger partial charge >= 0.3 is 0 Å². The number of pyridine rings is 1. The molecule has 2 aromatic rings. The van der Waals surface area contributed by atoms with Crippen molar-refractivity contribution < 1.29 is 4.42 Å². The second-order valence-electron chi connectivity index (χ2n) is 5.25. The Morgan fingerprint density at radius 1 is 1.22 bits per heavy atom. The van der Waals surface area contributed by atoms with E-state index in [0.29, 0.717) is 0 Å². The minimum atomic E-state index is 0.725. The Balaban J connectivity index is 1.68. The van der Waals surface area contributed by atoms with Crippen LogP contribution in [0.4, 0.5) is 5.82 Å². The Kier molecular flexibility index (Phi) is 2.30. The van der Waals surface area contributed by atoms with Gasteiger partial charge in [0.25, 0.3) is 0 Å². The zero-order chi connectivity index (χ0) is 11.9. The van der Waals surface area contributed by atoms with Crippen LogP contribution >= 0.6 is 0 Å². The van der Waals surface area contributed by atoms with Crippen molar-refractivity contribution in [2.75, 3.05) is 31.1 Å². The summed E-state index contributed by atoms with van der Waals surface area (Å²) in [4.78, 5) is 9.60. The van der Waals surface area contributed by atoms with E-state index in [2.05, 4.69) is 14.8 Å². The third kappa shape index (κ3) is 1.52. The Bertz CT molecular complexity index is 565. The van der Waals surface area contributed by atoms with E-state index in [1.54, 1.807) is 6.26 Å². The number of aromatic nitrogens is 1. The van der Waals surface area contributed by atoms with Crippen molar-refractivity contribution in [1.29, 1.82) is 0 Å². The summed E-state index contributed by atoms with van der Waals surface area (Å²) in [6, 6.07) is 4.69. The number of furan rings is 1. The van der Waals surface area contributed by atoms with Crippen molar-refractivity contribution in [2.24, 2.45) is 0 Å². The lowest BCUT2D eigenvalue weighted by Gasteiger charge is -2.38. The fraction of sp³-hybridized carbons (Fsp3) is 0.500. The molecule has 0 aliphatic carbocycles. The molecule has 18 heavy (non-hydrogen) atoms. The zero-order valence-electron chi connectivity index (χ0n) is 10.4. The lowest BCUT2D eigenvalue weighted by molar-refractivity contribution is 0.230. The molecule has 0 amide bonds. The Labute approximate surface area is 106 Å². The van der Waals surface area contributed by atoms with Gasteiger partial charge in [0, 0.05) is 31.9 Å². The smallest absolute Gasteiger partial charge is 0.139 e. The van der Waals surface area contributed by atoms with Crippen LogP contribution in [0.5, 0.6) is 0 Å². The van der Waals surface area contributed by atoms with Crippen LogP contribution in [0, 0.1) is 0 Å². The van der Waals surface area contributed by atoms with Gasteiger partial charge < -0.3 is 9.32 Å². The molecule has 4 heterocycles. The summed E-state index contributed by atoms with van der Waals surface area (Å²) in [5.74, 6) is 1.09. The first-order valence-corrected chi connectivity index (χ1v) is 6.73. The third-order valence-electron chi connectivity index (χ3n) is 4.25. The van der Waals surface area contributed by atoms with Crippen LogP contribution in [0.3, 0.4) is 0 Å². The quantitative estimate of drug-likeness (QED) is 0.768. The van der Waals surface area contributed by atoms with E-state index in [0.717, 1.165) is 35.9 Å². The standard InChI is InChI=1S/C14H17N3O/c1-2-11-10-17(8-7-16(11)6-1)14-12-4-9-18-13(12)3-5-15-14/h3-5,9,11H,1-2,6-8,10H2/t11-/m1/s1. The fourth-order valence-corrected chi connectivity index (χ4v) is 3.32. The van der Waals surface area contributed by atoms with Crippen molar-refractivity contribution in [3.8, 4) is 0 Å². The first kappa shape index (κ1) is 10.4. The summed E-state index contributed by atoms with van der Waals surface area (Å²) >= 11 is 0. The predicted molar refractivity (Wildman–Crippen MR) is 70.8 cm³/mol. The topological polar surface area (TPSA) is 32.5 Å². The van der Waals surface area contributed by atoms with Crippen LogP contribution in [-0.4, -0.2) is 42.1 Å². The highest BCUT2D eigenvalue weighted by Gasteiger charge is 2.31. The molecule has 4 nitrogen and oxygen atoms in total. The van der Waals surface area contributed by atoms with Gasteiger partial charge in [0.05, 0.1) is 11.6 Å². The summed E-state index contributed by atoms with van der Waals surface area (Å²) in [6.07, 6.45) is 6.28. The van der Waals surface area contributed by atoms with Gasteiger partial charge in [-0.15, -0.1) is 0 Å². The van der Waals surface area contributed by atoms with Crippen LogP contribution in [0.2, 0.25) is 0 Å². The van der Waals surface area contributed by atoms with E-state index in [1.165, 1.54) is 25.9 Å². The van der Waals surface area contributed by atoms with Crippen LogP contribution in [0.1, 0.15) is 12.8 Å². The van der Waals surface area contributed by atoms with E-state index in [1.807, 2.05) is 18.3 Å². The number of piperazine rings is 1. The summed E-state index contributed by atoms with van der Waals surface area (Å²) < 4.78 is 5.46. The molecule has 0 unspecified atom stereocenters. The van der Waals surface area contributed by atoms with Gasteiger partial charge in [-0.2, -0.15) is 0 Å². The van der Waals surface area contributed by atoms with Gasteiger partial charge in [-0.3, -0.25) is 4.90 Å². The molecular weight excluding hydrogens is 226 g/mol. The molecule has 0 N–H and O–H groups in total. The molecule has 94 valence electrons. The second kappa shape index (κ2) is 3.99. The summed E-state index contributed by atoms with van der Waals surface area (Å²) in [5, 5.41) is 1.14. The Hall–Kier alpha value is -1.55. The van der Waals surface area contributed by atoms with E-state index < -0.39 is 0 Å². The van der Waals surface area contributed by atoms with Gasteiger partial charge in [-0.05, 0) is 31.5 Å². The van der Waals surface area contributed by atoms with Gasteiger partial charge in [-0.25, -0.2) is 4.98 Å². The maximum Gasteiger partial charge on any atom is 0.139 e. The van der Waals surface area contributed by atoms with E-state index in [4.69, 9.17) is 4.42 Å². The molecule has 0 spiro atoms. The Morgan fingerprint density at radius 3 is 3.22 bits per heavy atom. The van der Waals surface area contributed by atoms with Crippen molar-refractivity contribution in [1.82, 2.24) is 9.88 Å². The highest BCUT2D eigenvalue weighted by Crippen LogP contribution is 2.29. The number of fused-ring (bicyclic) bond motifs is 2. The van der Waals surface area contributed by atoms with Crippen molar-refractivity contribution in [3.05, 3.63) is 24.6 Å². The molecule has 0 aromatic carbocycles. The number of nitrogens with zero attached hydrogens (tertiary/aromatic N) is 3. The largest absolute Gasteiger partial charge is 0.464 e. The molecule has 4 rings (SSSR count). The second-order valence-corrected chi connectivity index (χ2v) is 5.25. The number of hydrogen-bond donors (Lipinski definition) is 0. The molecule has 4 heteroatoms. The zero-order valence-corrected chi connectivity index (χ0v) is 10.4. The minimum Gasteiger partial charge on any atom is -0.464 e. The highest BCUT2D eigenvalue weighted by atomic mass is 16.3. The predicted octanol–water partition coefficient (Wildman–Crippen LogP) is 2.11. The first-order chi connectivity index (χ1) is 8.92. The maximum atomic E-state index is 5.46. The van der Waals surface area contributed by atoms with Crippen molar-refractivity contribution in [2.45, 2.75) is 18.9 Å². The van der Waals surface area contributed by atoms with E-state index in [-0.39, 0.29) is 0 Å². The average Bonchev–Trinajstić information content (AvgIpc) is 3.05. The third-order valence-corrected chi connectivity index (χ3v) is 4.25. The molecule has 1 atom stereocenters. The van der Waals surface area contributed by atoms with Crippen LogP contribution in [0.25, 0.3) is 11.0 Å². The summed E-state index contributed by atoms with van der Waals surface area (Å²) in [7, 11) is 0. The lowest BCUT2D eigenvalue weighted by atomic mass is 10.1. The SMILES string of the molecule is c1cc2occc2c(N2CCN3CCC[C@@H]3C2)n1. The number of rotatable bonds is 1. The maximum absolute atomic E-state index is 5.46. The number of anilines is 1. The lowest BCUT2D eigenvalue weighted by Crippen LogP contribution is -2.50. The molecule has 2 aromatic heterocycles. The van der Waals surface area contributed by atoms with Gasteiger partial charge in [-0.1, -0.05) is 0 Å². The highest BCUT2D eigenvalue weighted by molar-refractivity contribution is 5.88. The minimum absolute atomic E-state index is 0.725. The number of hydrogen-bond acceptors (Lipinski definition) is 4. The summed E-state index contributed by atoms with van der Waals surface area (Å²) in [5.41, 5.74) is 0.939. The van der Waals surface area contributed by atoms with Crippen LogP contribution in [-0.2, 0) is 0 Å². The van der Waals surface area contributed by atoms with Gasteiger partial charge in [0.1, 0.15) is 11.4 Å². The molecule has 2 aliphatic rings. The monoisotopic (exact) mass is 243 g/mol. The molecule has 0 bridgehead atoms. The molecule has 2 fully saturated rings. The molecule has 0 saturated carbocycles. The van der Waals surface area contributed by atoms with E-state index in [9.17, 15) is 0 Å². The normalized spacial score (nSPS) is 24.7. The molecule has 0 radical (unpaired) electrons. The molecular formula is C14H17N3O. The van der Waals surface area contributed by atoms with Gasteiger partial charge in [0.15, 0.2) is 0 Å². The van der Waals surface area contributed by atoms with Gasteiger partial charge in [0.2, 0.25) is 0 Å². The van der Waals surface area contributed by atoms with Crippen molar-refractivity contribution >= 4 is 16.8 Å². The average molecular weight is 243 g/mol. The molecule has 2 aliphatic heterocycles. The van der Waals surface area contributed by atoms with Crippen molar-refractivity contribution in [3.63, 3.8) is 0 Å². The fourth-order valence-electron chi connectivity index (χ4n) is 3.32. The van der Waals surface area contributed by atoms with E-state index >= 15 is 0 Å². The first-order valence-electron chi connectivity index (χ1n) is 6.73. The van der Waals surface area contributed by atoms with Crippen LogP contribution < -0.4 is 4.90 Å². The summed E-state index contributed by atoms with van der Waals surface area (Å²) in [6.45, 7) is 4.63.